The summed E-state index contributed by atoms with van der Waals surface area (Å²) in [5.74, 6) is 3.29. The van der Waals surface area contributed by atoms with E-state index >= 15 is 0 Å². The standard InChI is InChI=1S/C52H57N5O6/c1-4-7-33-8-5-9-34(11-10-33)22-35-12-14-36(15-13-35)38-23-41-29-54-45-27-49(47(60-2)25-43(45)51(58)56(41)31-38)62-20-6-21-63-50-28-46-44(26-48(50)61-3)52(59)57-32-39(24-42(57)30-55-46)37-16-18-40(53)19-17-37/h12-19,25-34,41-42H,4-11,20-24,53H2,1-3H3/t33?,34?,41-,42-/m0/s1. The average Bonchev–Trinajstić information content (AvgIpc) is 3.80. The van der Waals surface area contributed by atoms with Crippen molar-refractivity contribution in [1.82, 2.24) is 9.80 Å². The minimum absolute atomic E-state index is 0.118. The van der Waals surface area contributed by atoms with E-state index in [1.54, 1.807) is 48.3 Å². The molecule has 0 radical (unpaired) electrons. The van der Waals surface area contributed by atoms with Crippen molar-refractivity contribution in [3.8, 4) is 23.0 Å². The second kappa shape index (κ2) is 18.5. The monoisotopic (exact) mass is 847 g/mol. The van der Waals surface area contributed by atoms with E-state index in [1.807, 2.05) is 49.1 Å². The molecule has 1 fully saturated rings. The molecule has 11 nitrogen and oxygen atoms in total. The van der Waals surface area contributed by atoms with Crippen LogP contribution < -0.4 is 24.7 Å². The topological polar surface area (TPSA) is 128 Å². The highest BCUT2D eigenvalue weighted by molar-refractivity contribution is 6.06. The fourth-order valence-corrected chi connectivity index (χ4v) is 9.81. The second-order valence-corrected chi connectivity index (χ2v) is 17.5. The Balaban J connectivity index is 0.803. The van der Waals surface area contributed by atoms with Crippen molar-refractivity contribution in [2.24, 2.45) is 21.8 Å². The molecule has 63 heavy (non-hydrogen) atoms. The molecule has 4 heterocycles. The maximum atomic E-state index is 14.0. The van der Waals surface area contributed by atoms with Crippen LogP contribution in [0.4, 0.5) is 17.1 Å². The van der Waals surface area contributed by atoms with Crippen LogP contribution in [-0.2, 0) is 6.42 Å². The lowest BCUT2D eigenvalue weighted by molar-refractivity contribution is 0.0809. The van der Waals surface area contributed by atoms with E-state index in [4.69, 9.17) is 34.7 Å². The van der Waals surface area contributed by atoms with Gasteiger partial charge in [-0.3, -0.25) is 19.6 Å². The number of fused-ring (bicyclic) bond motifs is 4. The molecule has 4 aliphatic heterocycles. The van der Waals surface area contributed by atoms with Gasteiger partial charge in [-0.2, -0.15) is 0 Å². The maximum absolute atomic E-state index is 14.0. The van der Waals surface area contributed by atoms with Gasteiger partial charge in [-0.25, -0.2) is 0 Å². The smallest absolute Gasteiger partial charge is 0.260 e. The van der Waals surface area contributed by atoms with E-state index in [0.29, 0.717) is 83.7 Å². The lowest BCUT2D eigenvalue weighted by atomic mass is 9.90. The molecule has 9 rings (SSSR count). The third kappa shape index (κ3) is 8.96. The molecular formula is C52H57N5O6. The van der Waals surface area contributed by atoms with Gasteiger partial charge in [-0.05, 0) is 76.8 Å². The van der Waals surface area contributed by atoms with Gasteiger partial charge in [-0.1, -0.05) is 81.8 Å². The number of aliphatic imine (C=N–C) groups is 2. The highest BCUT2D eigenvalue weighted by Crippen LogP contribution is 2.42. The Bertz CT molecular complexity index is 2470. The molecule has 2 N–H and O–H groups in total. The Kier molecular flexibility index (Phi) is 12.4. The average molecular weight is 848 g/mol. The summed E-state index contributed by atoms with van der Waals surface area (Å²) < 4.78 is 23.7. The van der Waals surface area contributed by atoms with Crippen LogP contribution in [0.1, 0.15) is 109 Å². The predicted octanol–water partition coefficient (Wildman–Crippen LogP) is 10.6. The molecule has 2 amide bonds. The summed E-state index contributed by atoms with van der Waals surface area (Å²) in [6, 6.07) is 23.2. The molecule has 11 heteroatoms. The van der Waals surface area contributed by atoms with E-state index in [9.17, 15) is 9.59 Å². The van der Waals surface area contributed by atoms with Crippen LogP contribution in [0.3, 0.4) is 0 Å². The minimum atomic E-state index is -0.201. The fraction of sp³-hybridized carbons (Fsp3) is 0.385. The number of amides is 2. The van der Waals surface area contributed by atoms with Crippen LogP contribution in [0.25, 0.3) is 11.1 Å². The van der Waals surface area contributed by atoms with Gasteiger partial charge in [0, 0.05) is 61.9 Å². The van der Waals surface area contributed by atoms with Crippen LogP contribution >= 0.6 is 0 Å². The van der Waals surface area contributed by atoms with Crippen LogP contribution in [0.15, 0.2) is 95.2 Å². The van der Waals surface area contributed by atoms with Gasteiger partial charge in [0.1, 0.15) is 0 Å². The molecule has 4 aromatic carbocycles. The van der Waals surface area contributed by atoms with Crippen molar-refractivity contribution in [3.63, 3.8) is 0 Å². The Hall–Kier alpha value is -6.36. The molecule has 2 unspecified atom stereocenters. The van der Waals surface area contributed by atoms with Crippen molar-refractivity contribution >= 4 is 52.5 Å². The lowest BCUT2D eigenvalue weighted by Crippen LogP contribution is -2.32. The number of hydrogen-bond donors (Lipinski definition) is 1. The molecule has 326 valence electrons. The minimum Gasteiger partial charge on any atom is -0.493 e. The molecule has 4 atom stereocenters. The van der Waals surface area contributed by atoms with Crippen molar-refractivity contribution < 1.29 is 28.5 Å². The summed E-state index contributed by atoms with van der Waals surface area (Å²) in [6.45, 7) is 2.94. The van der Waals surface area contributed by atoms with Gasteiger partial charge in [0.05, 0.1) is 62.0 Å². The first kappa shape index (κ1) is 42.0. The highest BCUT2D eigenvalue weighted by Gasteiger charge is 2.35. The normalized spacial score (nSPS) is 21.3. The van der Waals surface area contributed by atoms with Crippen LogP contribution in [0, 0.1) is 11.8 Å². The van der Waals surface area contributed by atoms with E-state index in [0.717, 1.165) is 40.5 Å². The third-order valence-corrected chi connectivity index (χ3v) is 13.3. The highest BCUT2D eigenvalue weighted by atomic mass is 16.5. The molecule has 4 aromatic rings. The van der Waals surface area contributed by atoms with Crippen LogP contribution in [-0.4, -0.2) is 73.6 Å². The molecule has 0 spiro atoms. The van der Waals surface area contributed by atoms with Gasteiger partial charge < -0.3 is 34.5 Å². The number of nitrogens with two attached hydrogens (primary N) is 1. The first-order valence-corrected chi connectivity index (χ1v) is 22.6. The maximum Gasteiger partial charge on any atom is 0.260 e. The zero-order valence-electron chi connectivity index (χ0n) is 36.6. The number of methoxy groups -OCH3 is 2. The summed E-state index contributed by atoms with van der Waals surface area (Å²) in [5.41, 5.74) is 14.3. The summed E-state index contributed by atoms with van der Waals surface area (Å²) >= 11 is 0. The summed E-state index contributed by atoms with van der Waals surface area (Å²) in [5, 5.41) is 0. The number of ether oxygens (including phenoxy) is 4. The molecule has 0 bridgehead atoms. The summed E-state index contributed by atoms with van der Waals surface area (Å²) in [6.07, 6.45) is 20.1. The van der Waals surface area contributed by atoms with Gasteiger partial charge in [0.2, 0.25) is 0 Å². The summed E-state index contributed by atoms with van der Waals surface area (Å²) in [4.78, 5) is 40.8. The number of anilines is 1. The molecule has 5 aliphatic rings. The second-order valence-electron chi connectivity index (χ2n) is 17.5. The van der Waals surface area contributed by atoms with E-state index in [2.05, 4.69) is 31.2 Å². The van der Waals surface area contributed by atoms with Crippen molar-refractivity contribution in [3.05, 3.63) is 113 Å². The predicted molar refractivity (Wildman–Crippen MR) is 249 cm³/mol. The van der Waals surface area contributed by atoms with Crippen molar-refractivity contribution in [2.75, 3.05) is 33.2 Å². The summed E-state index contributed by atoms with van der Waals surface area (Å²) in [7, 11) is 3.12. The zero-order valence-corrected chi connectivity index (χ0v) is 36.6. The van der Waals surface area contributed by atoms with Crippen molar-refractivity contribution in [1.29, 1.82) is 0 Å². The van der Waals surface area contributed by atoms with Gasteiger partial charge in [0.25, 0.3) is 11.8 Å². The number of hydrogen-bond acceptors (Lipinski definition) is 9. The van der Waals surface area contributed by atoms with E-state index < -0.39 is 0 Å². The first-order valence-electron chi connectivity index (χ1n) is 22.6. The lowest BCUT2D eigenvalue weighted by Gasteiger charge is -2.19. The van der Waals surface area contributed by atoms with Crippen LogP contribution in [0.2, 0.25) is 0 Å². The third-order valence-electron chi connectivity index (χ3n) is 13.3. The number of carbonyl (C=O) groups is 2. The number of rotatable bonds is 14. The number of nitrogen functional groups attached to an aromatic ring is 1. The Morgan fingerprint density at radius 2 is 1.16 bits per heavy atom. The number of benzene rings is 4. The largest absolute Gasteiger partial charge is 0.493 e. The van der Waals surface area contributed by atoms with Gasteiger partial charge in [-0.15, -0.1) is 0 Å². The fourth-order valence-electron chi connectivity index (χ4n) is 9.81. The number of carbonyl (C=O) groups excluding carboxylic acids is 2. The van der Waals surface area contributed by atoms with Gasteiger partial charge in [0.15, 0.2) is 23.0 Å². The Morgan fingerprint density at radius 1 is 0.651 bits per heavy atom. The zero-order chi connectivity index (χ0) is 43.5. The molecule has 0 saturated heterocycles. The number of nitrogens with zero attached hydrogens (tertiary/aromatic N) is 4. The Morgan fingerprint density at radius 3 is 1.68 bits per heavy atom. The van der Waals surface area contributed by atoms with Crippen molar-refractivity contribution in [2.45, 2.75) is 89.6 Å². The molecular weight excluding hydrogens is 791 g/mol. The van der Waals surface area contributed by atoms with Crippen LogP contribution in [0.5, 0.6) is 23.0 Å². The molecule has 0 aromatic heterocycles. The SMILES string of the molecule is CCCC1CCCC(Cc2ccc(C3=CN4C(=O)c5cc(OC)c(OCCCOc6cc7c(cc6OC)C(=O)N6C=C(c8ccc(N)cc8)C[C@H]6C=N7)cc5N=C[C@@H]4C3)cc2)CC1. The Labute approximate surface area is 370 Å². The van der Waals surface area contributed by atoms with Gasteiger partial charge >= 0.3 is 0 Å². The molecule has 1 aliphatic carbocycles. The quantitative estimate of drug-likeness (QED) is 0.0760. The van der Waals surface area contributed by atoms with E-state index in [-0.39, 0.29) is 23.9 Å². The first-order chi connectivity index (χ1) is 30.8. The van der Waals surface area contributed by atoms with E-state index in [1.165, 1.54) is 50.5 Å². The molecule has 1 saturated carbocycles.